The number of unbranched alkanes of at least 4 members (excludes halogenated alkanes) is 3. The first-order valence-corrected chi connectivity index (χ1v) is 39.0. The number of fused-ring (bicyclic) bond motifs is 9. The molecule has 0 saturated heterocycles. The molecule has 562 valence electrons. The van der Waals surface area contributed by atoms with Crippen LogP contribution in [0.2, 0.25) is 0 Å². The Balaban J connectivity index is 0.00000106. The summed E-state index contributed by atoms with van der Waals surface area (Å²) in [6.45, 7) is 17.6. The van der Waals surface area contributed by atoms with Gasteiger partial charge in [0.1, 0.15) is 34.0 Å². The number of benzene rings is 6. The largest absolute Gasteiger partial charge is 0.382 e. The molecular formula is C83H107N21OS2. The number of anilines is 3. The third-order valence-electron chi connectivity index (χ3n) is 19.7. The Hall–Kier alpha value is -9.79. The van der Waals surface area contributed by atoms with Crippen molar-refractivity contribution >= 4 is 124 Å². The van der Waals surface area contributed by atoms with Gasteiger partial charge in [-0.05, 0) is 120 Å². The third kappa shape index (κ3) is 20.7. The number of nitrogens with two attached hydrogens (primary N) is 6. The van der Waals surface area contributed by atoms with Gasteiger partial charge in [-0.15, -0.1) is 0 Å². The van der Waals surface area contributed by atoms with Crippen LogP contribution in [0.15, 0.2) is 146 Å². The number of nitrogens with zero attached hydrogens (tertiary/aromatic N) is 11. The molecule has 107 heavy (non-hydrogen) atoms. The van der Waals surface area contributed by atoms with Gasteiger partial charge in [-0.1, -0.05) is 180 Å². The quantitative estimate of drug-likeness (QED) is 0.0161. The molecule has 12 rings (SSSR count). The van der Waals surface area contributed by atoms with Crippen molar-refractivity contribution < 1.29 is 4.79 Å². The Labute approximate surface area is 639 Å². The second kappa shape index (κ2) is 39.2. The summed E-state index contributed by atoms with van der Waals surface area (Å²) >= 11 is 11.9. The first-order valence-electron chi connectivity index (χ1n) is 38.2. The van der Waals surface area contributed by atoms with Crippen LogP contribution in [0.25, 0.3) is 65.8 Å². The van der Waals surface area contributed by atoms with Crippen molar-refractivity contribution in [3.05, 3.63) is 196 Å². The number of amides is 2. The Morgan fingerprint density at radius 2 is 0.748 bits per heavy atom. The molecule has 0 aliphatic heterocycles. The maximum Gasteiger partial charge on any atom is 0.315 e. The van der Waals surface area contributed by atoms with Gasteiger partial charge in [0.15, 0.2) is 22.6 Å². The minimum atomic E-state index is -0.218. The molecule has 0 saturated carbocycles. The van der Waals surface area contributed by atoms with E-state index in [1.165, 1.54) is 16.7 Å². The van der Waals surface area contributed by atoms with E-state index in [9.17, 15) is 4.79 Å². The molecule has 0 radical (unpaired) electrons. The number of aryl methyl sites for hydroxylation is 4. The summed E-state index contributed by atoms with van der Waals surface area (Å²) < 4.78 is 6.96. The topological polar surface area (TPSA) is 320 Å². The number of thiocarbonyl (C=S) groups is 2. The highest BCUT2D eigenvalue weighted by molar-refractivity contribution is 7.80. The molecule has 22 nitrogen and oxygen atoms in total. The zero-order chi connectivity index (χ0) is 75.0. The molecule has 6 aromatic heterocycles. The van der Waals surface area contributed by atoms with E-state index in [0.717, 1.165) is 221 Å². The highest BCUT2D eigenvalue weighted by atomic mass is 32.1. The molecule has 0 spiro atoms. The third-order valence-corrected chi connectivity index (χ3v) is 20.4. The molecule has 0 atom stereocenters. The SMILES string of the molecule is CCCCc1nc2c(N)nc3ccccc3c2n1Cc1ccc(CCC(=S)CCCN(CCNC(=O)NCc2ccc(Cn3c(CCCC)nc4c(N)nc5ccccc5c43)cc2)CCNC(=S)NCc2ccc(Cn3c(CCCC)nc4c(N)nc5ccccc5c43)cc2)cc1.NCCN(CCN)CCN. The Morgan fingerprint density at radius 3 is 1.14 bits per heavy atom. The average Bonchev–Trinajstić information content (AvgIpc) is 1.63. The maximum atomic E-state index is 13.4. The predicted molar refractivity (Wildman–Crippen MR) is 449 cm³/mol. The predicted octanol–water partition coefficient (Wildman–Crippen LogP) is 12.0. The van der Waals surface area contributed by atoms with Crippen LogP contribution in [0.4, 0.5) is 22.2 Å². The molecule has 16 N–H and O–H groups in total. The lowest BCUT2D eigenvalue weighted by Crippen LogP contribution is -2.43. The fourth-order valence-corrected chi connectivity index (χ4v) is 14.4. The standard InChI is InChI=1S/C77H89N17OS2.C6H18N4/c1-4-7-24-64-88-67-70(58-18-10-13-21-61(58)85-73(67)78)92(64)48-54-33-27-51(28-34-54)39-40-57(96)17-16-43-91(44-41-81-76(95)83-46-52-29-35-55(36-30-52)49-93-65(25-8-5-2)89-68-71(93)59-19-11-14-22-62(59)86-74(68)79)45-42-82-77(97)84-47-53-31-37-56(38-32-53)50-94-66(26-9-6-3)90-69-72(94)60-20-12-15-23-63(60)87-75(69)80;7-1-4-10(5-2-8)6-3-9/h10-15,18-23,27-38H,4-9,16-17,24-26,39-50H2,1-3H3,(H2,78,85)(H2,79,86)(H2,80,87)(H2,81,83,95)(H2,82,84,97);1-9H2. The van der Waals surface area contributed by atoms with Crippen molar-refractivity contribution in [3.63, 3.8) is 0 Å². The molecule has 0 aliphatic rings. The van der Waals surface area contributed by atoms with Gasteiger partial charge in [0.25, 0.3) is 0 Å². The number of urea groups is 1. The van der Waals surface area contributed by atoms with Gasteiger partial charge < -0.3 is 69.4 Å². The van der Waals surface area contributed by atoms with Crippen molar-refractivity contribution in [1.29, 1.82) is 0 Å². The Kier molecular flexibility index (Phi) is 28.7. The summed E-state index contributed by atoms with van der Waals surface area (Å²) in [6, 6.07) is 50.2. The van der Waals surface area contributed by atoms with Crippen LogP contribution in [-0.2, 0) is 58.4 Å². The molecule has 12 aromatic rings. The zero-order valence-electron chi connectivity index (χ0n) is 62.5. The number of aromatic nitrogens is 9. The normalized spacial score (nSPS) is 11.6. The van der Waals surface area contributed by atoms with E-state index in [1.54, 1.807) is 0 Å². The van der Waals surface area contributed by atoms with E-state index < -0.39 is 0 Å². The Bertz CT molecular complexity index is 4430. The lowest BCUT2D eigenvalue weighted by Gasteiger charge is -2.23. The summed E-state index contributed by atoms with van der Waals surface area (Å²) in [5, 5.41) is 16.8. The van der Waals surface area contributed by atoms with Crippen LogP contribution in [-0.4, -0.2) is 141 Å². The smallest absolute Gasteiger partial charge is 0.315 e. The van der Waals surface area contributed by atoms with Crippen LogP contribution in [0.3, 0.4) is 0 Å². The number of nitrogen functional groups attached to an aromatic ring is 3. The van der Waals surface area contributed by atoms with E-state index in [-0.39, 0.29) is 6.03 Å². The van der Waals surface area contributed by atoms with E-state index >= 15 is 0 Å². The average molecular weight is 1480 g/mol. The van der Waals surface area contributed by atoms with E-state index in [0.29, 0.717) is 94.6 Å². The van der Waals surface area contributed by atoms with E-state index in [1.807, 2.05) is 48.5 Å². The summed E-state index contributed by atoms with van der Waals surface area (Å²) in [6.07, 6.45) is 12.3. The lowest BCUT2D eigenvalue weighted by molar-refractivity contribution is 0.234. The summed E-state index contributed by atoms with van der Waals surface area (Å²) in [7, 11) is 0. The molecular weight excluding hydrogens is 1370 g/mol. The number of carbonyl (C=O) groups is 1. The minimum Gasteiger partial charge on any atom is -0.382 e. The van der Waals surface area contributed by atoms with Gasteiger partial charge in [-0.25, -0.2) is 34.7 Å². The van der Waals surface area contributed by atoms with Crippen molar-refractivity contribution in [2.45, 2.75) is 137 Å². The monoisotopic (exact) mass is 1480 g/mol. The van der Waals surface area contributed by atoms with Crippen LogP contribution in [0.5, 0.6) is 0 Å². The number of imidazole rings is 3. The van der Waals surface area contributed by atoms with E-state index in [2.05, 4.69) is 178 Å². The summed E-state index contributed by atoms with van der Waals surface area (Å²) in [5.74, 6) is 4.45. The van der Waals surface area contributed by atoms with Crippen molar-refractivity contribution in [2.75, 3.05) is 89.2 Å². The van der Waals surface area contributed by atoms with Gasteiger partial charge >= 0.3 is 6.03 Å². The number of rotatable bonds is 38. The maximum absolute atomic E-state index is 13.4. The number of pyridine rings is 3. The van der Waals surface area contributed by atoms with Crippen LogP contribution in [0, 0.1) is 0 Å². The molecule has 2 amide bonds. The van der Waals surface area contributed by atoms with Crippen LogP contribution in [0.1, 0.15) is 129 Å². The van der Waals surface area contributed by atoms with Crippen molar-refractivity contribution in [2.24, 2.45) is 17.2 Å². The highest BCUT2D eigenvalue weighted by Crippen LogP contribution is 2.34. The molecule has 6 aromatic carbocycles. The van der Waals surface area contributed by atoms with Gasteiger partial charge in [-0.2, -0.15) is 0 Å². The molecule has 0 fully saturated rings. The van der Waals surface area contributed by atoms with Gasteiger partial charge in [0, 0.05) is 134 Å². The first kappa shape index (κ1) is 78.3. The van der Waals surface area contributed by atoms with Gasteiger partial charge in [0.2, 0.25) is 0 Å². The van der Waals surface area contributed by atoms with Crippen molar-refractivity contribution in [3.8, 4) is 0 Å². The number of hydrogen-bond donors (Lipinski definition) is 10. The molecule has 0 unspecified atom stereocenters. The molecule has 6 heterocycles. The molecule has 24 heteroatoms. The molecule has 0 bridgehead atoms. The number of para-hydroxylation sites is 3. The Morgan fingerprint density at radius 1 is 0.393 bits per heavy atom. The van der Waals surface area contributed by atoms with Crippen LogP contribution < -0.4 is 55.7 Å². The molecule has 0 aliphatic carbocycles. The number of hydrogen-bond acceptors (Lipinski definition) is 17. The van der Waals surface area contributed by atoms with Crippen molar-refractivity contribution in [1.82, 2.24) is 74.7 Å². The fourth-order valence-electron chi connectivity index (χ4n) is 14.0. The zero-order valence-corrected chi connectivity index (χ0v) is 64.1. The first-order chi connectivity index (χ1) is 52.3. The van der Waals surface area contributed by atoms with Crippen LogP contribution >= 0.6 is 24.4 Å². The summed E-state index contributed by atoms with van der Waals surface area (Å²) in [4.78, 5) is 48.1. The van der Waals surface area contributed by atoms with Gasteiger partial charge in [-0.3, -0.25) is 9.80 Å². The fraction of sp³-hybridized carbons (Fsp3) is 0.386. The minimum absolute atomic E-state index is 0.218. The number of nitrogens with one attached hydrogen (secondary N) is 4. The summed E-state index contributed by atoms with van der Waals surface area (Å²) in [5.41, 5.74) is 50.5. The second-order valence-electron chi connectivity index (χ2n) is 27.6. The number of carbonyl (C=O) groups excluding carboxylic acids is 1. The second-order valence-corrected chi connectivity index (χ2v) is 28.6. The lowest BCUT2D eigenvalue weighted by atomic mass is 10.0. The highest BCUT2D eigenvalue weighted by Gasteiger charge is 2.22. The van der Waals surface area contributed by atoms with Gasteiger partial charge in [0.05, 0.1) is 33.1 Å². The van der Waals surface area contributed by atoms with E-state index in [4.69, 9.17) is 73.8 Å².